The van der Waals surface area contributed by atoms with Crippen molar-refractivity contribution in [3.63, 3.8) is 0 Å². The molecule has 1 aliphatic heterocycles. The third-order valence-corrected chi connectivity index (χ3v) is 5.39. The SMILES string of the molecule is Cc1ccc(OCC(=O)NCCc2ccc3c(c2)OCCO3)c2c1[C@H](C)CC2=O. The molecule has 2 aliphatic rings. The maximum atomic E-state index is 12.3. The van der Waals surface area contributed by atoms with Gasteiger partial charge in [0.2, 0.25) is 0 Å². The summed E-state index contributed by atoms with van der Waals surface area (Å²) in [5, 5.41) is 2.86. The summed E-state index contributed by atoms with van der Waals surface area (Å²) in [6.07, 6.45) is 1.18. The topological polar surface area (TPSA) is 73.9 Å². The van der Waals surface area contributed by atoms with Gasteiger partial charge in [0.1, 0.15) is 19.0 Å². The van der Waals surface area contributed by atoms with Gasteiger partial charge in [-0.2, -0.15) is 0 Å². The Hall–Kier alpha value is -3.02. The summed E-state index contributed by atoms with van der Waals surface area (Å²) in [6, 6.07) is 9.54. The molecule has 1 aliphatic carbocycles. The number of amides is 1. The lowest BCUT2D eigenvalue weighted by Crippen LogP contribution is -2.30. The minimum atomic E-state index is -0.213. The molecule has 1 amide bonds. The van der Waals surface area contributed by atoms with Crippen LogP contribution in [0.1, 0.15) is 46.3 Å². The molecule has 0 fully saturated rings. The molecule has 152 valence electrons. The molecule has 0 bridgehead atoms. The molecular formula is C23H25NO5. The summed E-state index contributed by atoms with van der Waals surface area (Å²) in [7, 11) is 0. The van der Waals surface area contributed by atoms with E-state index in [4.69, 9.17) is 14.2 Å². The highest BCUT2D eigenvalue weighted by Crippen LogP contribution is 2.40. The van der Waals surface area contributed by atoms with E-state index in [2.05, 4.69) is 5.32 Å². The van der Waals surface area contributed by atoms with Crippen LogP contribution < -0.4 is 19.5 Å². The van der Waals surface area contributed by atoms with Crippen LogP contribution in [0, 0.1) is 6.92 Å². The monoisotopic (exact) mass is 395 g/mol. The van der Waals surface area contributed by atoms with Gasteiger partial charge in [-0.1, -0.05) is 19.1 Å². The van der Waals surface area contributed by atoms with Gasteiger partial charge in [0.05, 0.1) is 5.56 Å². The van der Waals surface area contributed by atoms with E-state index in [1.807, 2.05) is 38.1 Å². The van der Waals surface area contributed by atoms with Crippen molar-refractivity contribution in [3.05, 3.63) is 52.6 Å². The van der Waals surface area contributed by atoms with E-state index in [1.165, 1.54) is 0 Å². The fraction of sp³-hybridized carbons (Fsp3) is 0.391. The van der Waals surface area contributed by atoms with E-state index in [0.29, 0.717) is 43.9 Å². The second kappa shape index (κ2) is 8.15. The molecule has 2 aromatic rings. The lowest BCUT2D eigenvalue weighted by Gasteiger charge is -2.19. The van der Waals surface area contributed by atoms with Gasteiger partial charge in [-0.3, -0.25) is 9.59 Å². The molecule has 0 unspecified atom stereocenters. The van der Waals surface area contributed by atoms with Crippen molar-refractivity contribution in [1.29, 1.82) is 0 Å². The molecule has 0 saturated heterocycles. The molecular weight excluding hydrogens is 370 g/mol. The number of carbonyl (C=O) groups excluding carboxylic acids is 2. The van der Waals surface area contributed by atoms with E-state index >= 15 is 0 Å². The van der Waals surface area contributed by atoms with Gasteiger partial charge in [0.25, 0.3) is 5.91 Å². The number of nitrogens with one attached hydrogen (secondary N) is 1. The maximum absolute atomic E-state index is 12.3. The molecule has 0 saturated carbocycles. The summed E-state index contributed by atoms with van der Waals surface area (Å²) in [6.45, 7) is 5.54. The summed E-state index contributed by atoms with van der Waals surface area (Å²) in [5.41, 5.74) is 3.84. The number of ether oxygens (including phenoxy) is 3. The van der Waals surface area contributed by atoms with Gasteiger partial charge in [-0.05, 0) is 54.2 Å². The van der Waals surface area contributed by atoms with Gasteiger partial charge in [0.15, 0.2) is 23.9 Å². The average Bonchev–Trinajstić information content (AvgIpc) is 3.02. The highest BCUT2D eigenvalue weighted by Gasteiger charge is 2.31. The molecule has 6 nitrogen and oxygen atoms in total. The predicted octanol–water partition coefficient (Wildman–Crippen LogP) is 3.19. The zero-order valence-corrected chi connectivity index (χ0v) is 16.7. The van der Waals surface area contributed by atoms with Gasteiger partial charge in [0, 0.05) is 13.0 Å². The van der Waals surface area contributed by atoms with E-state index in [-0.39, 0.29) is 24.2 Å². The minimum absolute atomic E-state index is 0.0882. The Morgan fingerprint density at radius 3 is 2.79 bits per heavy atom. The first kappa shape index (κ1) is 19.3. The van der Waals surface area contributed by atoms with Gasteiger partial charge in [-0.15, -0.1) is 0 Å². The number of rotatable bonds is 6. The van der Waals surface area contributed by atoms with Crippen molar-refractivity contribution < 1.29 is 23.8 Å². The van der Waals surface area contributed by atoms with Crippen LogP contribution in [0.15, 0.2) is 30.3 Å². The second-order valence-electron chi connectivity index (χ2n) is 7.56. The number of hydrogen-bond acceptors (Lipinski definition) is 5. The lowest BCUT2D eigenvalue weighted by molar-refractivity contribution is -0.123. The van der Waals surface area contributed by atoms with Crippen LogP contribution in [0.4, 0.5) is 0 Å². The Balaban J connectivity index is 1.30. The largest absolute Gasteiger partial charge is 0.486 e. The Bertz CT molecular complexity index is 953. The lowest BCUT2D eigenvalue weighted by atomic mass is 9.97. The maximum Gasteiger partial charge on any atom is 0.257 e. The van der Waals surface area contributed by atoms with Crippen molar-refractivity contribution in [3.8, 4) is 17.2 Å². The smallest absolute Gasteiger partial charge is 0.257 e. The van der Waals surface area contributed by atoms with Crippen molar-refractivity contribution in [2.45, 2.75) is 32.6 Å². The zero-order chi connectivity index (χ0) is 20.4. The summed E-state index contributed by atoms with van der Waals surface area (Å²) >= 11 is 0. The summed E-state index contributed by atoms with van der Waals surface area (Å²) in [5.74, 6) is 2.07. The van der Waals surface area contributed by atoms with Crippen LogP contribution in [0.25, 0.3) is 0 Å². The molecule has 29 heavy (non-hydrogen) atoms. The average molecular weight is 395 g/mol. The molecule has 0 radical (unpaired) electrons. The van der Waals surface area contributed by atoms with E-state index < -0.39 is 0 Å². The van der Waals surface area contributed by atoms with E-state index in [0.717, 1.165) is 28.2 Å². The number of hydrogen-bond donors (Lipinski definition) is 1. The Morgan fingerprint density at radius 1 is 1.17 bits per heavy atom. The van der Waals surface area contributed by atoms with Crippen LogP contribution in [-0.2, 0) is 11.2 Å². The summed E-state index contributed by atoms with van der Waals surface area (Å²) < 4.78 is 16.8. The fourth-order valence-corrected chi connectivity index (χ4v) is 4.01. The molecule has 0 aromatic heterocycles. The standard InChI is InChI=1S/C23H25NO5/c1-14-3-5-19(23-17(25)11-15(2)22(14)23)29-13-21(26)24-8-7-16-4-6-18-20(12-16)28-10-9-27-18/h3-6,12,15H,7-11,13H2,1-2H3,(H,24,26)/t15-/m1/s1. The Kier molecular flexibility index (Phi) is 5.43. The number of carbonyl (C=O) groups is 2. The van der Waals surface area contributed by atoms with Gasteiger partial charge >= 0.3 is 0 Å². The van der Waals surface area contributed by atoms with Crippen LogP contribution in [0.3, 0.4) is 0 Å². The Labute approximate surface area is 170 Å². The first-order chi connectivity index (χ1) is 14.0. The summed E-state index contributed by atoms with van der Waals surface area (Å²) in [4.78, 5) is 24.5. The number of Topliss-reactive ketones (excluding diaryl/α,β-unsaturated/α-hetero) is 1. The molecule has 1 atom stereocenters. The van der Waals surface area contributed by atoms with Crippen LogP contribution in [-0.4, -0.2) is 38.1 Å². The minimum Gasteiger partial charge on any atom is -0.486 e. The highest BCUT2D eigenvalue weighted by molar-refractivity contribution is 6.04. The first-order valence-corrected chi connectivity index (χ1v) is 9.97. The van der Waals surface area contributed by atoms with Gasteiger partial charge < -0.3 is 19.5 Å². The molecule has 4 rings (SSSR count). The Morgan fingerprint density at radius 2 is 1.97 bits per heavy atom. The quantitative estimate of drug-likeness (QED) is 0.813. The first-order valence-electron chi connectivity index (χ1n) is 9.97. The highest BCUT2D eigenvalue weighted by atomic mass is 16.6. The molecule has 2 aromatic carbocycles. The van der Waals surface area contributed by atoms with Gasteiger partial charge in [-0.25, -0.2) is 0 Å². The zero-order valence-electron chi connectivity index (χ0n) is 16.7. The van der Waals surface area contributed by atoms with Crippen LogP contribution in [0.2, 0.25) is 0 Å². The molecule has 6 heteroatoms. The molecule has 1 N–H and O–H groups in total. The third-order valence-electron chi connectivity index (χ3n) is 5.39. The number of aryl methyl sites for hydroxylation is 1. The molecule has 1 heterocycles. The number of fused-ring (bicyclic) bond motifs is 2. The van der Waals surface area contributed by atoms with Crippen molar-refractivity contribution in [1.82, 2.24) is 5.32 Å². The van der Waals surface area contributed by atoms with Crippen LogP contribution >= 0.6 is 0 Å². The third kappa shape index (κ3) is 4.06. The number of benzene rings is 2. The van der Waals surface area contributed by atoms with Crippen LogP contribution in [0.5, 0.6) is 17.2 Å². The van der Waals surface area contributed by atoms with Crippen molar-refractivity contribution in [2.75, 3.05) is 26.4 Å². The predicted molar refractivity (Wildman–Crippen MR) is 108 cm³/mol. The molecule has 0 spiro atoms. The number of ketones is 1. The van der Waals surface area contributed by atoms with E-state index in [1.54, 1.807) is 6.07 Å². The van der Waals surface area contributed by atoms with Crippen molar-refractivity contribution in [2.24, 2.45) is 0 Å². The normalized spacial score (nSPS) is 17.0. The second-order valence-corrected chi connectivity index (χ2v) is 7.56. The van der Waals surface area contributed by atoms with E-state index in [9.17, 15) is 9.59 Å². The fourth-order valence-electron chi connectivity index (χ4n) is 4.01. The van der Waals surface area contributed by atoms with Crippen molar-refractivity contribution >= 4 is 11.7 Å².